The summed E-state index contributed by atoms with van der Waals surface area (Å²) in [4.78, 5) is 46.8. The molecule has 1 aliphatic heterocycles. The fourth-order valence-electron chi connectivity index (χ4n) is 4.67. The summed E-state index contributed by atoms with van der Waals surface area (Å²) in [5, 5.41) is 7.52. The van der Waals surface area contributed by atoms with Gasteiger partial charge >= 0.3 is 12.3 Å². The van der Waals surface area contributed by atoms with Gasteiger partial charge in [0.25, 0.3) is 5.91 Å². The number of ether oxygens (including phenoxy) is 1. The molecule has 16 heteroatoms. The largest absolute Gasteiger partial charge is 0.444 e. The maximum Gasteiger partial charge on any atom is 0.435 e. The fraction of sp³-hybridized carbons (Fsp3) is 0.393. The van der Waals surface area contributed by atoms with Crippen LogP contribution in [0.3, 0.4) is 0 Å². The number of alkyl halides is 3. The molecule has 44 heavy (non-hydrogen) atoms. The zero-order valence-corrected chi connectivity index (χ0v) is 23.7. The molecule has 0 saturated heterocycles. The van der Waals surface area contributed by atoms with E-state index in [2.05, 4.69) is 25.9 Å². The first-order chi connectivity index (χ1) is 20.5. The summed E-state index contributed by atoms with van der Waals surface area (Å²) in [7, 11) is 0. The molecule has 3 aromatic rings. The lowest BCUT2D eigenvalue weighted by Crippen LogP contribution is -2.45. The number of benzene rings is 1. The average Bonchev–Trinajstić information content (AvgIpc) is 3.32. The van der Waals surface area contributed by atoms with E-state index in [0.717, 1.165) is 4.57 Å². The number of alkyl carbamates (subject to hydrolysis) is 1. The lowest BCUT2D eigenvalue weighted by molar-refractivity contribution is -0.142. The summed E-state index contributed by atoms with van der Waals surface area (Å²) in [6, 6.07) is 1.12. The number of carbonyl (C=O) groups excluding carboxylic acids is 3. The predicted octanol–water partition coefficient (Wildman–Crippen LogP) is 4.71. The van der Waals surface area contributed by atoms with Crippen molar-refractivity contribution in [2.75, 3.05) is 11.9 Å². The molecular formula is C28H28F6N6O4. The Balaban J connectivity index is 1.68. The molecule has 2 aromatic heterocycles. The standard InChI is InChI=1S/C28H28F6N6O4/c1-27(2,3)44-26(43)38-16(7-14-8-18(30)19(31)10-17(14)29)9-22(41)20-12-36-13-21-23(28(32,33)34)39-24(40(20)21)25(42)37-15-5-4-6-35-11-15/h4-6,8,10-11,16,20,36H,7,9,12-13H2,1-3H3,(H,37,42)(H,38,43). The number of aromatic nitrogens is 3. The molecule has 1 aliphatic rings. The van der Waals surface area contributed by atoms with Gasteiger partial charge in [0.1, 0.15) is 17.5 Å². The lowest BCUT2D eigenvalue weighted by atomic mass is 9.96. The second-order valence-electron chi connectivity index (χ2n) is 11.0. The quantitative estimate of drug-likeness (QED) is 0.244. The summed E-state index contributed by atoms with van der Waals surface area (Å²) in [5.74, 6) is -6.47. The minimum Gasteiger partial charge on any atom is -0.444 e. The molecule has 0 bridgehead atoms. The molecule has 236 valence electrons. The second-order valence-corrected chi connectivity index (χ2v) is 11.0. The maximum atomic E-state index is 14.5. The number of rotatable bonds is 8. The van der Waals surface area contributed by atoms with Crippen LogP contribution in [0.2, 0.25) is 0 Å². The molecule has 0 radical (unpaired) electrons. The molecule has 3 heterocycles. The van der Waals surface area contributed by atoms with E-state index in [1.807, 2.05) is 0 Å². The predicted molar refractivity (Wildman–Crippen MR) is 143 cm³/mol. The van der Waals surface area contributed by atoms with E-state index in [1.54, 1.807) is 20.8 Å². The zero-order valence-electron chi connectivity index (χ0n) is 23.7. The summed E-state index contributed by atoms with van der Waals surface area (Å²) in [6.45, 7) is 4.10. The summed E-state index contributed by atoms with van der Waals surface area (Å²) in [5.41, 5.74) is -3.03. The molecule has 2 unspecified atom stereocenters. The minimum atomic E-state index is -4.97. The van der Waals surface area contributed by atoms with E-state index in [4.69, 9.17) is 4.74 Å². The third-order valence-corrected chi connectivity index (χ3v) is 6.44. The average molecular weight is 627 g/mol. The van der Waals surface area contributed by atoms with Gasteiger partial charge in [0.05, 0.1) is 17.6 Å². The highest BCUT2D eigenvalue weighted by Gasteiger charge is 2.43. The van der Waals surface area contributed by atoms with Crippen LogP contribution in [0.4, 0.5) is 36.8 Å². The van der Waals surface area contributed by atoms with Crippen LogP contribution in [-0.2, 0) is 28.7 Å². The van der Waals surface area contributed by atoms with Crippen LogP contribution in [0.1, 0.15) is 60.8 Å². The van der Waals surface area contributed by atoms with E-state index in [0.29, 0.717) is 12.1 Å². The highest BCUT2D eigenvalue weighted by molar-refractivity contribution is 6.02. The molecule has 0 aliphatic carbocycles. The molecule has 0 fully saturated rings. The third-order valence-electron chi connectivity index (χ3n) is 6.44. The van der Waals surface area contributed by atoms with Gasteiger partial charge in [0.15, 0.2) is 23.1 Å². The summed E-state index contributed by atoms with van der Waals surface area (Å²) >= 11 is 0. The van der Waals surface area contributed by atoms with Crippen molar-refractivity contribution in [3.05, 3.63) is 76.9 Å². The molecule has 2 atom stereocenters. The Morgan fingerprint density at radius 3 is 2.45 bits per heavy atom. The van der Waals surface area contributed by atoms with Crippen LogP contribution in [0.25, 0.3) is 0 Å². The van der Waals surface area contributed by atoms with Crippen molar-refractivity contribution in [2.24, 2.45) is 0 Å². The van der Waals surface area contributed by atoms with E-state index in [9.17, 15) is 40.7 Å². The van der Waals surface area contributed by atoms with Crippen molar-refractivity contribution in [3.63, 3.8) is 0 Å². The van der Waals surface area contributed by atoms with Gasteiger partial charge in [-0.3, -0.25) is 14.6 Å². The molecule has 0 spiro atoms. The fourth-order valence-corrected chi connectivity index (χ4v) is 4.67. The Labute approximate surface area is 247 Å². The van der Waals surface area contributed by atoms with E-state index < -0.39 is 89.2 Å². The number of amides is 2. The van der Waals surface area contributed by atoms with Crippen LogP contribution in [-0.4, -0.2) is 50.5 Å². The van der Waals surface area contributed by atoms with Crippen molar-refractivity contribution in [2.45, 2.75) is 64.0 Å². The number of Topliss-reactive ketones (excluding diaryl/α,β-unsaturated/α-hetero) is 1. The monoisotopic (exact) mass is 626 g/mol. The van der Waals surface area contributed by atoms with Gasteiger partial charge in [0, 0.05) is 37.8 Å². The van der Waals surface area contributed by atoms with Crippen molar-refractivity contribution in [1.29, 1.82) is 0 Å². The third kappa shape index (κ3) is 7.72. The number of ketones is 1. The topological polar surface area (TPSA) is 127 Å². The number of pyridine rings is 1. The number of carbonyl (C=O) groups is 3. The Hall–Kier alpha value is -4.47. The normalized spacial score (nSPS) is 15.7. The number of hydrogen-bond donors (Lipinski definition) is 3. The van der Waals surface area contributed by atoms with Crippen LogP contribution < -0.4 is 16.0 Å². The molecule has 0 saturated carbocycles. The van der Waals surface area contributed by atoms with Gasteiger partial charge in [0.2, 0.25) is 5.82 Å². The number of halogens is 6. The Morgan fingerprint density at radius 2 is 1.82 bits per heavy atom. The Bertz CT molecular complexity index is 1550. The lowest BCUT2D eigenvalue weighted by Gasteiger charge is -2.29. The first kappa shape index (κ1) is 32.4. The first-order valence-corrected chi connectivity index (χ1v) is 13.3. The summed E-state index contributed by atoms with van der Waals surface area (Å²) < 4.78 is 89.9. The van der Waals surface area contributed by atoms with Crippen LogP contribution in [0.5, 0.6) is 0 Å². The van der Waals surface area contributed by atoms with E-state index in [-0.39, 0.29) is 24.3 Å². The molecule has 2 amide bonds. The molecule has 1 aromatic carbocycles. The maximum absolute atomic E-state index is 14.5. The number of fused-ring (bicyclic) bond motifs is 1. The van der Waals surface area contributed by atoms with Crippen molar-refractivity contribution < 1.29 is 45.5 Å². The first-order valence-electron chi connectivity index (χ1n) is 13.3. The smallest absolute Gasteiger partial charge is 0.435 e. The van der Waals surface area contributed by atoms with E-state index in [1.165, 1.54) is 24.5 Å². The van der Waals surface area contributed by atoms with E-state index >= 15 is 0 Å². The van der Waals surface area contributed by atoms with Gasteiger partial charge in [-0.25, -0.2) is 22.9 Å². The Kier molecular flexibility index (Phi) is 9.32. The Morgan fingerprint density at radius 1 is 1.11 bits per heavy atom. The van der Waals surface area contributed by atoms with Gasteiger partial charge < -0.3 is 25.3 Å². The van der Waals surface area contributed by atoms with Crippen LogP contribution in [0.15, 0.2) is 36.7 Å². The highest BCUT2D eigenvalue weighted by Crippen LogP contribution is 2.35. The van der Waals surface area contributed by atoms with Gasteiger partial charge in [-0.2, -0.15) is 13.2 Å². The van der Waals surface area contributed by atoms with Crippen LogP contribution >= 0.6 is 0 Å². The molecular weight excluding hydrogens is 598 g/mol. The van der Waals surface area contributed by atoms with Gasteiger partial charge in [-0.05, 0) is 51.0 Å². The van der Waals surface area contributed by atoms with Crippen molar-refractivity contribution in [1.82, 2.24) is 25.2 Å². The number of nitrogens with one attached hydrogen (secondary N) is 3. The number of hydrogen-bond acceptors (Lipinski definition) is 7. The minimum absolute atomic E-state index is 0.162. The zero-order chi connectivity index (χ0) is 32.4. The summed E-state index contributed by atoms with van der Waals surface area (Å²) in [6.07, 6.45) is -4.43. The highest BCUT2D eigenvalue weighted by atomic mass is 19.4. The number of nitrogens with zero attached hydrogens (tertiary/aromatic N) is 3. The van der Waals surface area contributed by atoms with Gasteiger partial charge in [-0.15, -0.1) is 0 Å². The molecule has 10 nitrogen and oxygen atoms in total. The number of imidazole rings is 1. The van der Waals surface area contributed by atoms with Crippen LogP contribution in [0, 0.1) is 17.5 Å². The number of anilines is 1. The molecule has 3 N–H and O–H groups in total. The molecule has 4 rings (SSSR count). The van der Waals surface area contributed by atoms with Crippen molar-refractivity contribution in [3.8, 4) is 0 Å². The van der Waals surface area contributed by atoms with Gasteiger partial charge in [-0.1, -0.05) is 0 Å². The SMILES string of the molecule is CC(C)(C)OC(=O)NC(CC(=O)C1CNCc2c(C(F)(F)F)nc(C(=O)Nc3cccnc3)n21)Cc1cc(F)c(F)cc1F. The second kappa shape index (κ2) is 12.6. The van der Waals surface area contributed by atoms with Crippen molar-refractivity contribution >= 4 is 23.5 Å².